The van der Waals surface area contributed by atoms with E-state index in [-0.39, 0.29) is 11.3 Å². The van der Waals surface area contributed by atoms with Gasteiger partial charge in [0.25, 0.3) is 0 Å². The van der Waals surface area contributed by atoms with Gasteiger partial charge in [-0.05, 0) is 41.3 Å². The van der Waals surface area contributed by atoms with Gasteiger partial charge in [0.2, 0.25) is 5.91 Å². The Morgan fingerprint density at radius 2 is 1.82 bits per heavy atom. The van der Waals surface area contributed by atoms with Crippen LogP contribution in [0, 0.1) is 0 Å². The van der Waals surface area contributed by atoms with Crippen LogP contribution < -0.4 is 10.2 Å². The maximum atomic E-state index is 12.5. The number of benzene rings is 2. The lowest BCUT2D eigenvalue weighted by Crippen LogP contribution is -2.36. The third-order valence-electron chi connectivity index (χ3n) is 4.67. The molecule has 1 aliphatic heterocycles. The fourth-order valence-corrected chi connectivity index (χ4v) is 3.95. The predicted molar refractivity (Wildman–Crippen MR) is 119 cm³/mol. The van der Waals surface area contributed by atoms with Gasteiger partial charge in [0.05, 0.1) is 30.3 Å². The maximum Gasteiger partial charge on any atom is 0.234 e. The molecule has 0 saturated carbocycles. The molecule has 1 saturated heterocycles. The first kappa shape index (κ1) is 21.0. The number of hydrogen-bond donors (Lipinski definition) is 1. The van der Waals surface area contributed by atoms with Gasteiger partial charge < -0.3 is 15.0 Å². The van der Waals surface area contributed by atoms with Gasteiger partial charge in [0.1, 0.15) is 0 Å². The molecule has 2 aromatic rings. The van der Waals surface area contributed by atoms with Gasteiger partial charge in [-0.2, -0.15) is 0 Å². The number of rotatable bonds is 5. The molecular formula is C22H27ClN2O2S. The summed E-state index contributed by atoms with van der Waals surface area (Å²) in [5.74, 6) is 0.311. The molecule has 0 radical (unpaired) electrons. The molecule has 2 aromatic carbocycles. The van der Waals surface area contributed by atoms with E-state index in [1.165, 1.54) is 17.3 Å². The topological polar surface area (TPSA) is 41.6 Å². The monoisotopic (exact) mass is 418 g/mol. The molecule has 6 heteroatoms. The molecule has 0 aliphatic carbocycles. The van der Waals surface area contributed by atoms with Crippen LogP contribution in [0.2, 0.25) is 5.02 Å². The average Bonchev–Trinajstić information content (AvgIpc) is 2.67. The Labute approximate surface area is 176 Å². The number of hydrogen-bond acceptors (Lipinski definition) is 4. The van der Waals surface area contributed by atoms with Gasteiger partial charge in [-0.3, -0.25) is 4.79 Å². The van der Waals surface area contributed by atoms with E-state index in [2.05, 4.69) is 55.3 Å². The van der Waals surface area contributed by atoms with Gasteiger partial charge in [0, 0.05) is 23.0 Å². The van der Waals surface area contributed by atoms with E-state index in [9.17, 15) is 4.79 Å². The number of morpholine rings is 1. The van der Waals surface area contributed by atoms with Crippen molar-refractivity contribution in [2.24, 2.45) is 0 Å². The van der Waals surface area contributed by atoms with Crippen molar-refractivity contribution in [1.82, 2.24) is 0 Å². The Morgan fingerprint density at radius 3 is 2.46 bits per heavy atom. The molecule has 28 heavy (non-hydrogen) atoms. The summed E-state index contributed by atoms with van der Waals surface area (Å²) in [6.07, 6.45) is 0. The molecule has 1 N–H and O–H groups in total. The first-order valence-corrected chi connectivity index (χ1v) is 10.8. The van der Waals surface area contributed by atoms with Gasteiger partial charge in [-0.15, -0.1) is 11.8 Å². The van der Waals surface area contributed by atoms with E-state index in [1.807, 2.05) is 18.2 Å². The molecule has 1 aliphatic rings. The number of nitrogens with zero attached hydrogens (tertiary/aromatic N) is 1. The second kappa shape index (κ2) is 9.21. The third-order valence-corrected chi connectivity index (χ3v) is 5.92. The van der Waals surface area contributed by atoms with Crippen LogP contribution in [0.4, 0.5) is 11.4 Å². The first-order valence-electron chi connectivity index (χ1n) is 9.48. The highest BCUT2D eigenvalue weighted by molar-refractivity contribution is 8.00. The molecule has 0 atom stereocenters. The van der Waals surface area contributed by atoms with E-state index in [0.29, 0.717) is 24.0 Å². The van der Waals surface area contributed by atoms with Crippen molar-refractivity contribution in [3.8, 4) is 0 Å². The first-order chi connectivity index (χ1) is 13.3. The van der Waals surface area contributed by atoms with Crippen LogP contribution >= 0.6 is 23.4 Å². The average molecular weight is 419 g/mol. The molecule has 0 spiro atoms. The molecule has 0 bridgehead atoms. The normalized spacial score (nSPS) is 14.8. The molecule has 4 nitrogen and oxygen atoms in total. The largest absolute Gasteiger partial charge is 0.378 e. The fraction of sp³-hybridized carbons (Fsp3) is 0.409. The number of nitrogens with one attached hydrogen (secondary N) is 1. The summed E-state index contributed by atoms with van der Waals surface area (Å²) in [7, 11) is 0. The zero-order chi connectivity index (χ0) is 20.1. The number of amides is 1. The van der Waals surface area contributed by atoms with Crippen molar-refractivity contribution in [2.75, 3.05) is 42.3 Å². The van der Waals surface area contributed by atoms with Crippen molar-refractivity contribution in [2.45, 2.75) is 31.1 Å². The molecule has 0 aromatic heterocycles. The zero-order valence-electron chi connectivity index (χ0n) is 16.6. The Morgan fingerprint density at radius 1 is 1.14 bits per heavy atom. The van der Waals surface area contributed by atoms with Crippen molar-refractivity contribution < 1.29 is 9.53 Å². The fourth-order valence-electron chi connectivity index (χ4n) is 3.07. The summed E-state index contributed by atoms with van der Waals surface area (Å²) >= 11 is 7.70. The van der Waals surface area contributed by atoms with Crippen molar-refractivity contribution >= 4 is 40.6 Å². The minimum Gasteiger partial charge on any atom is -0.378 e. The summed E-state index contributed by atoms with van der Waals surface area (Å²) in [6, 6.07) is 14.1. The van der Waals surface area contributed by atoms with Crippen LogP contribution in [0.25, 0.3) is 0 Å². The van der Waals surface area contributed by atoms with Gasteiger partial charge in [-0.25, -0.2) is 0 Å². The summed E-state index contributed by atoms with van der Waals surface area (Å²) in [5, 5.41) is 3.64. The van der Waals surface area contributed by atoms with Gasteiger partial charge in [-0.1, -0.05) is 44.5 Å². The minimum atomic E-state index is -0.0401. The molecule has 1 amide bonds. The van der Waals surface area contributed by atoms with E-state index in [0.717, 1.165) is 29.4 Å². The molecule has 1 heterocycles. The molecular weight excluding hydrogens is 392 g/mol. The van der Waals surface area contributed by atoms with E-state index >= 15 is 0 Å². The van der Waals surface area contributed by atoms with E-state index < -0.39 is 0 Å². The van der Waals surface area contributed by atoms with Crippen molar-refractivity contribution in [1.29, 1.82) is 0 Å². The highest BCUT2D eigenvalue weighted by Crippen LogP contribution is 2.30. The Kier molecular flexibility index (Phi) is 6.91. The number of halogens is 1. The highest BCUT2D eigenvalue weighted by Gasteiger charge is 2.17. The zero-order valence-corrected chi connectivity index (χ0v) is 18.2. The SMILES string of the molecule is CC(C)(C)c1ccc(SCC(=O)Nc2cc(Cl)ccc2N2CCOCC2)cc1. The third kappa shape index (κ3) is 5.66. The standard InChI is InChI=1S/C22H27ClN2O2S/c1-22(2,3)16-4-7-18(8-5-16)28-15-21(26)24-19-14-17(23)6-9-20(19)25-10-12-27-13-11-25/h4-9,14H,10-13,15H2,1-3H3,(H,24,26). The second-order valence-corrected chi connectivity index (χ2v) is 9.36. The number of ether oxygens (including phenoxy) is 1. The lowest BCUT2D eigenvalue weighted by Gasteiger charge is -2.30. The van der Waals surface area contributed by atoms with Crippen LogP contribution in [-0.4, -0.2) is 38.0 Å². The Bertz CT molecular complexity index is 812. The van der Waals surface area contributed by atoms with Crippen LogP contribution in [0.5, 0.6) is 0 Å². The number of anilines is 2. The molecule has 1 fully saturated rings. The Balaban J connectivity index is 1.62. The summed E-state index contributed by atoms with van der Waals surface area (Å²) < 4.78 is 5.42. The summed E-state index contributed by atoms with van der Waals surface area (Å²) in [5.41, 5.74) is 3.15. The van der Waals surface area contributed by atoms with E-state index in [1.54, 1.807) is 0 Å². The summed E-state index contributed by atoms with van der Waals surface area (Å²) in [6.45, 7) is 9.57. The van der Waals surface area contributed by atoms with Crippen molar-refractivity contribution in [3.05, 3.63) is 53.1 Å². The molecule has 0 unspecified atom stereocenters. The Hall–Kier alpha value is -1.69. The molecule has 150 valence electrons. The van der Waals surface area contributed by atoms with Crippen LogP contribution in [0.1, 0.15) is 26.3 Å². The lowest BCUT2D eigenvalue weighted by molar-refractivity contribution is -0.113. The number of carbonyl (C=O) groups excluding carboxylic acids is 1. The maximum absolute atomic E-state index is 12.5. The smallest absolute Gasteiger partial charge is 0.234 e. The molecule has 3 rings (SSSR count). The van der Waals surface area contributed by atoms with Crippen LogP contribution in [-0.2, 0) is 14.9 Å². The van der Waals surface area contributed by atoms with Crippen LogP contribution in [0.15, 0.2) is 47.4 Å². The lowest BCUT2D eigenvalue weighted by atomic mass is 9.87. The van der Waals surface area contributed by atoms with Gasteiger partial charge >= 0.3 is 0 Å². The second-order valence-electron chi connectivity index (χ2n) is 7.87. The highest BCUT2D eigenvalue weighted by atomic mass is 35.5. The van der Waals surface area contributed by atoms with Gasteiger partial charge in [0.15, 0.2) is 0 Å². The van der Waals surface area contributed by atoms with Crippen LogP contribution in [0.3, 0.4) is 0 Å². The minimum absolute atomic E-state index is 0.0401. The summed E-state index contributed by atoms with van der Waals surface area (Å²) in [4.78, 5) is 15.8. The number of carbonyl (C=O) groups is 1. The van der Waals surface area contributed by atoms with E-state index in [4.69, 9.17) is 16.3 Å². The van der Waals surface area contributed by atoms with Crippen molar-refractivity contribution in [3.63, 3.8) is 0 Å². The predicted octanol–water partition coefficient (Wildman–Crippen LogP) is 5.20. The quantitative estimate of drug-likeness (QED) is 0.677. The number of thioether (sulfide) groups is 1.